The summed E-state index contributed by atoms with van der Waals surface area (Å²) in [5.74, 6) is 0.712. The van der Waals surface area contributed by atoms with Gasteiger partial charge in [-0.25, -0.2) is 0 Å². The quantitative estimate of drug-likeness (QED) is 0.556. The number of rotatable bonds is 8. The van der Waals surface area contributed by atoms with E-state index in [0.717, 1.165) is 19.8 Å². The molecule has 0 N–H and O–H groups in total. The zero-order chi connectivity index (χ0) is 19.4. The summed E-state index contributed by atoms with van der Waals surface area (Å²) in [6.45, 7) is 14.0. The molecule has 1 aliphatic heterocycles. The fraction of sp³-hybridized carbons (Fsp3) is 0.583. The van der Waals surface area contributed by atoms with Gasteiger partial charge in [0.2, 0.25) is 0 Å². The predicted molar refractivity (Wildman–Crippen MR) is 117 cm³/mol. The third-order valence-corrected chi connectivity index (χ3v) is 7.27. The third-order valence-electron chi connectivity index (χ3n) is 6.21. The molecule has 2 atom stereocenters. The molecule has 0 amide bonds. The van der Waals surface area contributed by atoms with Gasteiger partial charge in [0, 0.05) is 27.9 Å². The van der Waals surface area contributed by atoms with Gasteiger partial charge < -0.3 is 4.74 Å². The maximum atomic E-state index is 5.95. The number of ether oxygens (including phenoxy) is 1. The number of hydrogen-bond donors (Lipinski definition) is 0. The Balaban J connectivity index is 1.74. The lowest BCUT2D eigenvalue weighted by molar-refractivity contribution is 0.0204. The molecule has 0 bridgehead atoms. The van der Waals surface area contributed by atoms with Crippen molar-refractivity contribution in [3.8, 4) is 0 Å². The Morgan fingerprint density at radius 2 is 1.85 bits per heavy atom. The highest BCUT2D eigenvalue weighted by Gasteiger charge is 2.42. The molecular formula is C24H35NOS. The topological polar surface area (TPSA) is 12.5 Å². The second-order valence-electron chi connectivity index (χ2n) is 8.45. The molecule has 2 heterocycles. The molecule has 1 aromatic carbocycles. The zero-order valence-electron chi connectivity index (χ0n) is 17.6. The summed E-state index contributed by atoms with van der Waals surface area (Å²) in [5.41, 5.74) is 2.76. The maximum absolute atomic E-state index is 5.95. The number of nitrogens with zero attached hydrogens (tertiary/aromatic N) is 1. The van der Waals surface area contributed by atoms with E-state index in [9.17, 15) is 0 Å². The van der Waals surface area contributed by atoms with Crippen LogP contribution in [0.2, 0.25) is 0 Å². The molecule has 0 saturated carbocycles. The highest BCUT2D eigenvalue weighted by molar-refractivity contribution is 7.11. The first-order valence-electron chi connectivity index (χ1n) is 10.4. The van der Waals surface area contributed by atoms with Crippen molar-refractivity contribution in [2.75, 3.05) is 19.8 Å². The summed E-state index contributed by atoms with van der Waals surface area (Å²) in [5, 5.41) is 0. The highest BCUT2D eigenvalue weighted by atomic mass is 32.1. The van der Waals surface area contributed by atoms with E-state index in [-0.39, 0.29) is 5.54 Å². The number of likely N-dealkylation sites (tertiary alicyclic amines) is 1. The van der Waals surface area contributed by atoms with Gasteiger partial charge in [0.1, 0.15) is 0 Å². The van der Waals surface area contributed by atoms with Crippen LogP contribution in [0.3, 0.4) is 0 Å². The Morgan fingerprint density at radius 3 is 2.48 bits per heavy atom. The van der Waals surface area contributed by atoms with Gasteiger partial charge in [0.25, 0.3) is 0 Å². The van der Waals surface area contributed by atoms with Crippen LogP contribution >= 0.6 is 11.3 Å². The van der Waals surface area contributed by atoms with Gasteiger partial charge in [-0.1, -0.05) is 29.8 Å². The van der Waals surface area contributed by atoms with Crippen molar-refractivity contribution >= 4 is 11.3 Å². The largest absolute Gasteiger partial charge is 0.380 e. The molecule has 1 aliphatic rings. The van der Waals surface area contributed by atoms with E-state index in [2.05, 4.69) is 75.9 Å². The van der Waals surface area contributed by atoms with E-state index in [1.54, 1.807) is 0 Å². The minimum absolute atomic E-state index is 0.0315. The van der Waals surface area contributed by atoms with Gasteiger partial charge in [-0.3, -0.25) is 4.90 Å². The Labute approximate surface area is 169 Å². The van der Waals surface area contributed by atoms with Crippen LogP contribution in [0.4, 0.5) is 0 Å². The van der Waals surface area contributed by atoms with E-state index in [1.807, 2.05) is 11.3 Å². The van der Waals surface area contributed by atoms with Crippen molar-refractivity contribution in [3.63, 3.8) is 0 Å². The van der Waals surface area contributed by atoms with Crippen LogP contribution in [-0.4, -0.2) is 30.7 Å². The molecule has 27 heavy (non-hydrogen) atoms. The zero-order valence-corrected chi connectivity index (χ0v) is 18.4. The van der Waals surface area contributed by atoms with Gasteiger partial charge in [-0.2, -0.15) is 0 Å². The molecule has 2 nitrogen and oxygen atoms in total. The standard InChI is InChI=1S/C24H35NOS/c1-6-26-17-23-20(10-14-22-13-9-19(3)27-22)15-16-25(23)24(4,5)21-11-7-18(2)8-12-21/h7-9,11-13,20,23H,6,10,14-17H2,1-5H3. The lowest BCUT2D eigenvalue weighted by Gasteiger charge is -2.41. The lowest BCUT2D eigenvalue weighted by Crippen LogP contribution is -2.48. The third kappa shape index (κ3) is 4.82. The van der Waals surface area contributed by atoms with Gasteiger partial charge in [0.05, 0.1) is 6.61 Å². The van der Waals surface area contributed by atoms with Gasteiger partial charge >= 0.3 is 0 Å². The van der Waals surface area contributed by atoms with Crippen LogP contribution in [-0.2, 0) is 16.7 Å². The molecule has 0 spiro atoms. The van der Waals surface area contributed by atoms with E-state index in [0.29, 0.717) is 12.0 Å². The minimum atomic E-state index is 0.0315. The van der Waals surface area contributed by atoms with Crippen LogP contribution in [0.15, 0.2) is 36.4 Å². The molecule has 3 rings (SSSR count). The minimum Gasteiger partial charge on any atom is -0.380 e. The van der Waals surface area contributed by atoms with Crippen molar-refractivity contribution in [2.45, 2.75) is 65.5 Å². The van der Waals surface area contributed by atoms with E-state index in [4.69, 9.17) is 4.74 Å². The molecule has 2 aromatic rings. The Hall–Kier alpha value is -1.16. The smallest absolute Gasteiger partial charge is 0.0624 e. The number of hydrogen-bond acceptors (Lipinski definition) is 3. The van der Waals surface area contributed by atoms with Crippen molar-refractivity contribution in [1.82, 2.24) is 4.90 Å². The first kappa shape index (κ1) is 20.6. The van der Waals surface area contributed by atoms with Crippen LogP contribution in [0.5, 0.6) is 0 Å². The molecule has 3 heteroatoms. The van der Waals surface area contributed by atoms with E-state index in [1.165, 1.54) is 40.1 Å². The molecule has 1 aromatic heterocycles. The predicted octanol–water partition coefficient (Wildman–Crippen LogP) is 5.96. The Kier molecular flexibility index (Phi) is 6.78. The molecule has 2 unspecified atom stereocenters. The Bertz CT molecular complexity index is 718. The van der Waals surface area contributed by atoms with E-state index < -0.39 is 0 Å². The number of thiophene rings is 1. The van der Waals surface area contributed by atoms with Crippen molar-refractivity contribution < 1.29 is 4.74 Å². The average molecular weight is 386 g/mol. The van der Waals surface area contributed by atoms with Crippen molar-refractivity contribution in [3.05, 3.63) is 57.3 Å². The molecular weight excluding hydrogens is 350 g/mol. The Morgan fingerprint density at radius 1 is 1.11 bits per heavy atom. The van der Waals surface area contributed by atoms with Crippen LogP contribution in [0.1, 0.15) is 54.5 Å². The first-order chi connectivity index (χ1) is 12.9. The van der Waals surface area contributed by atoms with Crippen LogP contribution < -0.4 is 0 Å². The van der Waals surface area contributed by atoms with Crippen molar-refractivity contribution in [1.29, 1.82) is 0 Å². The fourth-order valence-corrected chi connectivity index (χ4v) is 5.39. The second-order valence-corrected chi connectivity index (χ2v) is 9.82. The summed E-state index contributed by atoms with van der Waals surface area (Å²) >= 11 is 1.95. The monoisotopic (exact) mass is 385 g/mol. The first-order valence-corrected chi connectivity index (χ1v) is 11.2. The summed E-state index contributed by atoms with van der Waals surface area (Å²) in [7, 11) is 0. The summed E-state index contributed by atoms with van der Waals surface area (Å²) in [6.07, 6.45) is 3.74. The highest BCUT2D eigenvalue weighted by Crippen LogP contribution is 2.39. The van der Waals surface area contributed by atoms with Crippen molar-refractivity contribution in [2.24, 2.45) is 5.92 Å². The maximum Gasteiger partial charge on any atom is 0.0624 e. The number of aryl methyl sites for hydroxylation is 3. The summed E-state index contributed by atoms with van der Waals surface area (Å²) in [4.78, 5) is 5.65. The molecule has 148 valence electrons. The molecule has 1 fully saturated rings. The average Bonchev–Trinajstić information content (AvgIpc) is 3.24. The summed E-state index contributed by atoms with van der Waals surface area (Å²) in [6, 6.07) is 14.1. The molecule has 0 radical (unpaired) electrons. The fourth-order valence-electron chi connectivity index (χ4n) is 4.49. The van der Waals surface area contributed by atoms with Crippen LogP contribution in [0, 0.1) is 19.8 Å². The molecule has 1 saturated heterocycles. The van der Waals surface area contributed by atoms with Gasteiger partial charge in [-0.05, 0) is 84.0 Å². The van der Waals surface area contributed by atoms with Gasteiger partial charge in [-0.15, -0.1) is 11.3 Å². The SMILES string of the molecule is CCOCC1C(CCc2ccc(C)s2)CCN1C(C)(C)c1ccc(C)cc1. The lowest BCUT2D eigenvalue weighted by atomic mass is 9.89. The second kappa shape index (κ2) is 8.89. The molecule has 0 aliphatic carbocycles. The van der Waals surface area contributed by atoms with Crippen LogP contribution in [0.25, 0.3) is 0 Å². The van der Waals surface area contributed by atoms with Gasteiger partial charge in [0.15, 0.2) is 0 Å². The normalized spacial score (nSPS) is 21.1. The number of benzene rings is 1. The van der Waals surface area contributed by atoms with E-state index >= 15 is 0 Å². The summed E-state index contributed by atoms with van der Waals surface area (Å²) < 4.78 is 5.95.